The number of thiocarbonyl (C=S) groups is 1. The molecular formula is C28H32N4O4S2. The van der Waals surface area contributed by atoms with E-state index in [0.717, 1.165) is 30.4 Å². The van der Waals surface area contributed by atoms with Gasteiger partial charge in [-0.25, -0.2) is 4.98 Å². The van der Waals surface area contributed by atoms with Crippen LogP contribution in [-0.2, 0) is 11.2 Å². The summed E-state index contributed by atoms with van der Waals surface area (Å²) in [6.07, 6.45) is 7.04. The maximum absolute atomic E-state index is 13.5. The van der Waals surface area contributed by atoms with E-state index in [9.17, 15) is 9.59 Å². The van der Waals surface area contributed by atoms with E-state index in [-0.39, 0.29) is 11.5 Å². The second kappa shape index (κ2) is 12.4. The third-order valence-corrected chi connectivity index (χ3v) is 7.76. The summed E-state index contributed by atoms with van der Waals surface area (Å²) in [5, 5.41) is 3.33. The fourth-order valence-corrected chi connectivity index (χ4v) is 5.55. The van der Waals surface area contributed by atoms with Crippen LogP contribution < -0.4 is 20.3 Å². The lowest BCUT2D eigenvalue weighted by Crippen LogP contribution is -2.30. The van der Waals surface area contributed by atoms with Gasteiger partial charge in [-0.2, -0.15) is 0 Å². The average molecular weight is 553 g/mol. The molecule has 1 aliphatic heterocycles. The molecule has 3 heterocycles. The fraction of sp³-hybridized carbons (Fsp3) is 0.357. The van der Waals surface area contributed by atoms with Gasteiger partial charge in [-0.3, -0.25) is 18.9 Å². The number of fused-ring (bicyclic) bond motifs is 1. The van der Waals surface area contributed by atoms with E-state index in [1.807, 2.05) is 37.3 Å². The molecule has 8 nitrogen and oxygen atoms in total. The average Bonchev–Trinajstić information content (AvgIpc) is 3.19. The molecule has 3 aromatic rings. The summed E-state index contributed by atoms with van der Waals surface area (Å²) >= 11 is 6.75. The lowest BCUT2D eigenvalue weighted by Gasteiger charge is -2.15. The molecule has 1 aliphatic rings. The van der Waals surface area contributed by atoms with Crippen LogP contribution in [0.15, 0.2) is 46.2 Å². The third kappa shape index (κ3) is 5.86. The van der Waals surface area contributed by atoms with Crippen LogP contribution >= 0.6 is 24.0 Å². The number of rotatable bonds is 11. The van der Waals surface area contributed by atoms with Gasteiger partial charge in [0, 0.05) is 19.3 Å². The summed E-state index contributed by atoms with van der Waals surface area (Å²) < 4.78 is 12.7. The number of aryl methyl sites for hydroxylation is 1. The number of hydrogen-bond donors (Lipinski definition) is 1. The fourth-order valence-electron chi connectivity index (χ4n) is 4.26. The predicted octanol–water partition coefficient (Wildman–Crippen LogP) is 5.07. The highest BCUT2D eigenvalue weighted by Gasteiger charge is 2.32. The Morgan fingerprint density at radius 2 is 1.92 bits per heavy atom. The zero-order chi connectivity index (χ0) is 27.2. The van der Waals surface area contributed by atoms with Crippen molar-refractivity contribution in [3.8, 4) is 11.5 Å². The van der Waals surface area contributed by atoms with E-state index in [4.69, 9.17) is 26.7 Å². The Morgan fingerprint density at radius 1 is 1.13 bits per heavy atom. The van der Waals surface area contributed by atoms with Crippen molar-refractivity contribution >= 4 is 51.7 Å². The first-order valence-electron chi connectivity index (χ1n) is 12.6. The first-order chi connectivity index (χ1) is 18.4. The van der Waals surface area contributed by atoms with Crippen molar-refractivity contribution in [3.05, 3.63) is 68.5 Å². The Morgan fingerprint density at radius 3 is 2.66 bits per heavy atom. The quantitative estimate of drug-likeness (QED) is 0.201. The zero-order valence-corrected chi connectivity index (χ0v) is 23.7. The molecule has 10 heteroatoms. The van der Waals surface area contributed by atoms with Gasteiger partial charge >= 0.3 is 0 Å². The van der Waals surface area contributed by atoms with Gasteiger partial charge in [0.05, 0.1) is 24.7 Å². The van der Waals surface area contributed by atoms with Crippen LogP contribution in [0.1, 0.15) is 42.9 Å². The minimum atomic E-state index is -0.229. The summed E-state index contributed by atoms with van der Waals surface area (Å²) in [4.78, 5) is 33.6. The molecule has 0 spiro atoms. The van der Waals surface area contributed by atoms with Crippen LogP contribution in [0, 0.1) is 6.92 Å². The van der Waals surface area contributed by atoms with Crippen LogP contribution in [0.2, 0.25) is 0 Å². The highest BCUT2D eigenvalue weighted by atomic mass is 32.2. The second-order valence-electron chi connectivity index (χ2n) is 8.97. The molecule has 0 aliphatic carbocycles. The van der Waals surface area contributed by atoms with Gasteiger partial charge in [-0.05, 0) is 55.2 Å². The Kier molecular flexibility index (Phi) is 9.06. The number of nitrogens with one attached hydrogen (secondary N) is 1. The van der Waals surface area contributed by atoms with Gasteiger partial charge in [-0.1, -0.05) is 55.9 Å². The molecule has 38 heavy (non-hydrogen) atoms. The summed E-state index contributed by atoms with van der Waals surface area (Å²) in [6, 6.07) is 9.42. The molecule has 0 radical (unpaired) electrons. The van der Waals surface area contributed by atoms with Crippen LogP contribution in [0.5, 0.6) is 11.5 Å². The normalized spacial score (nSPS) is 14.5. The highest BCUT2D eigenvalue weighted by molar-refractivity contribution is 8.26. The van der Waals surface area contributed by atoms with Crippen molar-refractivity contribution in [1.82, 2.24) is 14.3 Å². The Hall–Kier alpha value is -3.37. The predicted molar refractivity (Wildman–Crippen MR) is 157 cm³/mol. The Balaban J connectivity index is 1.61. The molecule has 0 bridgehead atoms. The minimum absolute atomic E-state index is 0.217. The maximum atomic E-state index is 13.5. The molecule has 0 atom stereocenters. The molecule has 1 fully saturated rings. The summed E-state index contributed by atoms with van der Waals surface area (Å²) in [7, 11) is 3.18. The molecule has 0 unspecified atom stereocenters. The number of nitrogens with zero attached hydrogens (tertiary/aromatic N) is 3. The molecule has 2 aromatic heterocycles. The van der Waals surface area contributed by atoms with Crippen LogP contribution in [-0.4, -0.2) is 51.8 Å². The lowest BCUT2D eigenvalue weighted by atomic mass is 10.1. The number of methoxy groups -OCH3 is 2. The number of thioether (sulfide) groups is 1. The number of benzene rings is 1. The monoisotopic (exact) mass is 552 g/mol. The standard InChI is InChI=1S/C28H32N4O4S2/c1-5-6-7-13-29-24-20(26(33)31-14-8-9-18(2)25(31)30-24)17-23-27(34)32(28(37)38-23)15-12-19-10-11-21(35-3)22(16-19)36-4/h8-11,14,16-17,29H,5-7,12-13,15H2,1-4H3. The number of ether oxygens (including phenoxy) is 2. The van der Waals surface area contributed by atoms with Gasteiger partial charge in [-0.15, -0.1) is 0 Å². The number of carbonyl (C=O) groups is 1. The number of unbranched alkanes of at least 4 members (excludes halogenated alkanes) is 2. The van der Waals surface area contributed by atoms with Crippen molar-refractivity contribution < 1.29 is 14.3 Å². The number of amides is 1. The van der Waals surface area contributed by atoms with Crippen molar-refractivity contribution in [2.24, 2.45) is 0 Å². The van der Waals surface area contributed by atoms with E-state index >= 15 is 0 Å². The van der Waals surface area contributed by atoms with Crippen molar-refractivity contribution in [2.45, 2.75) is 39.5 Å². The molecule has 200 valence electrons. The van der Waals surface area contributed by atoms with Gasteiger partial charge < -0.3 is 14.8 Å². The minimum Gasteiger partial charge on any atom is -0.493 e. The summed E-state index contributed by atoms with van der Waals surface area (Å²) in [6.45, 7) is 5.16. The maximum Gasteiger partial charge on any atom is 0.267 e. The number of aromatic nitrogens is 2. The Bertz CT molecular complexity index is 1450. The van der Waals surface area contributed by atoms with Crippen LogP contribution in [0.3, 0.4) is 0 Å². The van der Waals surface area contributed by atoms with E-state index in [2.05, 4.69) is 12.2 Å². The molecule has 1 N–H and O–H groups in total. The summed E-state index contributed by atoms with van der Waals surface area (Å²) in [5.74, 6) is 1.55. The number of carbonyl (C=O) groups excluding carboxylic acids is 1. The third-order valence-electron chi connectivity index (χ3n) is 6.38. The van der Waals surface area contributed by atoms with Gasteiger partial charge in [0.25, 0.3) is 11.5 Å². The first-order valence-corrected chi connectivity index (χ1v) is 13.8. The Labute approximate surface area is 232 Å². The van der Waals surface area contributed by atoms with Crippen LogP contribution in [0.25, 0.3) is 11.7 Å². The largest absolute Gasteiger partial charge is 0.493 e. The molecule has 1 amide bonds. The number of hydrogen-bond acceptors (Lipinski definition) is 8. The second-order valence-corrected chi connectivity index (χ2v) is 10.6. The van der Waals surface area contributed by atoms with Gasteiger partial charge in [0.2, 0.25) is 0 Å². The summed E-state index contributed by atoms with van der Waals surface area (Å²) in [5.41, 5.74) is 2.60. The smallest absolute Gasteiger partial charge is 0.267 e. The van der Waals surface area contributed by atoms with Crippen LogP contribution in [0.4, 0.5) is 5.82 Å². The van der Waals surface area contributed by atoms with E-state index < -0.39 is 0 Å². The van der Waals surface area contributed by atoms with E-state index in [1.165, 1.54) is 16.2 Å². The van der Waals surface area contributed by atoms with Gasteiger partial charge in [0.1, 0.15) is 15.8 Å². The molecule has 1 aromatic carbocycles. The number of pyridine rings is 1. The van der Waals surface area contributed by atoms with Gasteiger partial charge in [0.15, 0.2) is 11.5 Å². The van der Waals surface area contributed by atoms with Crippen molar-refractivity contribution in [2.75, 3.05) is 32.6 Å². The first kappa shape index (κ1) is 27.7. The van der Waals surface area contributed by atoms with E-state index in [0.29, 0.717) is 57.3 Å². The number of anilines is 1. The van der Waals surface area contributed by atoms with Crippen molar-refractivity contribution in [3.63, 3.8) is 0 Å². The van der Waals surface area contributed by atoms with E-state index in [1.54, 1.807) is 31.4 Å². The SMILES string of the molecule is CCCCCNc1nc2c(C)cccn2c(=O)c1C=C1SC(=S)N(CCc2ccc(OC)c(OC)c2)C1=O. The lowest BCUT2D eigenvalue weighted by molar-refractivity contribution is -0.122. The molecular weight excluding hydrogens is 520 g/mol. The highest BCUT2D eigenvalue weighted by Crippen LogP contribution is 2.34. The van der Waals surface area contributed by atoms with Crippen molar-refractivity contribution in [1.29, 1.82) is 0 Å². The molecule has 0 saturated carbocycles. The molecule has 1 saturated heterocycles. The topological polar surface area (TPSA) is 85.2 Å². The zero-order valence-electron chi connectivity index (χ0n) is 22.1. The molecule has 4 rings (SSSR count).